The van der Waals surface area contributed by atoms with Crippen molar-refractivity contribution in [2.24, 2.45) is 0 Å². The van der Waals surface area contributed by atoms with Crippen molar-refractivity contribution >= 4 is 38.9 Å². The van der Waals surface area contributed by atoms with E-state index in [9.17, 15) is 0 Å². The van der Waals surface area contributed by atoms with Crippen LogP contribution in [0.15, 0.2) is 170 Å². The van der Waals surface area contributed by atoms with Crippen LogP contribution in [0.25, 0.3) is 38.9 Å². The highest BCUT2D eigenvalue weighted by Crippen LogP contribution is 2.64. The van der Waals surface area contributed by atoms with Crippen molar-refractivity contribution in [1.29, 1.82) is 0 Å². The molecule has 1 spiro atoms. The molecule has 0 amide bonds. The molecule has 1 aliphatic carbocycles. The van der Waals surface area contributed by atoms with Gasteiger partial charge >= 0.3 is 0 Å². The van der Waals surface area contributed by atoms with Crippen LogP contribution in [-0.2, 0) is 5.41 Å². The molecular weight excluding hydrogens is 653 g/mol. The molecule has 1 unspecified atom stereocenters. The number of fused-ring (bicyclic) bond motifs is 14. The van der Waals surface area contributed by atoms with Gasteiger partial charge in [-0.15, -0.1) is 0 Å². The van der Waals surface area contributed by atoms with Crippen molar-refractivity contribution in [1.82, 2.24) is 14.5 Å². The fraction of sp³-hybridized carbons (Fsp3) is 0.0213. The lowest BCUT2D eigenvalue weighted by Gasteiger charge is -2.41. The average molecular weight is 681 g/mol. The van der Waals surface area contributed by atoms with Crippen LogP contribution in [0.3, 0.4) is 0 Å². The number of ether oxygens (including phenoxy) is 2. The van der Waals surface area contributed by atoms with Gasteiger partial charge in [0.05, 0.1) is 56.8 Å². The Balaban J connectivity index is 1.18. The molecule has 2 aliphatic heterocycles. The number of hydrogen-bond acceptors (Lipinski definition) is 5. The van der Waals surface area contributed by atoms with Crippen LogP contribution in [0.4, 0.5) is 17.1 Å². The highest BCUT2D eigenvalue weighted by atomic mass is 16.5. The minimum atomic E-state index is -0.772. The SMILES string of the molecule is c1ccc2c(c1)Oc1ccccc1N2c1cccc2c1Oc1ccccc1C21c2cccnc2-c2ncc(-n3c4ccccc4c4ccccc43)cc21. The van der Waals surface area contributed by atoms with E-state index in [0.29, 0.717) is 0 Å². The van der Waals surface area contributed by atoms with Gasteiger partial charge in [-0.05, 0) is 66.2 Å². The summed E-state index contributed by atoms with van der Waals surface area (Å²) in [5, 5.41) is 2.42. The smallest absolute Gasteiger partial charge is 0.156 e. The van der Waals surface area contributed by atoms with Crippen molar-refractivity contribution in [3.63, 3.8) is 0 Å². The first-order valence-corrected chi connectivity index (χ1v) is 17.8. The normalized spacial score (nSPS) is 15.9. The zero-order chi connectivity index (χ0) is 34.7. The quantitative estimate of drug-likeness (QED) is 0.182. The number of pyridine rings is 2. The predicted octanol–water partition coefficient (Wildman–Crippen LogP) is 11.6. The maximum atomic E-state index is 7.10. The standard InChI is InChI=1S/C47H28N4O2/c1-4-18-36-30(13-1)31-14-2-5-19-37(31)50(36)29-27-35-45(49-28-29)44-33(17-12-26-48-44)47(35)32-15-3-8-23-41(32)53-46-34(47)16-11-22-40(46)51-38-20-6-9-24-42(38)52-43-25-10-7-21-39(43)51/h1-28H. The van der Waals surface area contributed by atoms with Crippen LogP contribution < -0.4 is 14.4 Å². The van der Waals surface area contributed by atoms with Gasteiger partial charge in [0.2, 0.25) is 0 Å². The van der Waals surface area contributed by atoms with Gasteiger partial charge in [0, 0.05) is 33.7 Å². The van der Waals surface area contributed by atoms with Gasteiger partial charge in [0.15, 0.2) is 17.2 Å². The van der Waals surface area contributed by atoms with E-state index in [4.69, 9.17) is 19.4 Å². The number of nitrogens with zero attached hydrogens (tertiary/aromatic N) is 4. The van der Waals surface area contributed by atoms with Crippen molar-refractivity contribution < 1.29 is 9.47 Å². The van der Waals surface area contributed by atoms with E-state index in [2.05, 4.69) is 119 Å². The van der Waals surface area contributed by atoms with E-state index in [1.165, 1.54) is 10.8 Å². The Labute approximate surface area is 304 Å². The first kappa shape index (κ1) is 28.5. The number of aromatic nitrogens is 3. The maximum absolute atomic E-state index is 7.10. The van der Waals surface area contributed by atoms with Gasteiger partial charge in [-0.25, -0.2) is 0 Å². The van der Waals surface area contributed by atoms with Crippen LogP contribution >= 0.6 is 0 Å². The second-order valence-electron chi connectivity index (χ2n) is 13.7. The highest BCUT2D eigenvalue weighted by Gasteiger charge is 2.53. The molecule has 9 aromatic rings. The molecular formula is C47H28N4O2. The number of benzene rings is 6. The zero-order valence-electron chi connectivity index (χ0n) is 28.3. The Morgan fingerprint density at radius 1 is 0.453 bits per heavy atom. The summed E-state index contributed by atoms with van der Waals surface area (Å²) < 4.78 is 15.9. The van der Waals surface area contributed by atoms with Crippen molar-refractivity contribution in [3.05, 3.63) is 192 Å². The Morgan fingerprint density at radius 2 is 1.04 bits per heavy atom. The molecule has 53 heavy (non-hydrogen) atoms. The monoisotopic (exact) mass is 680 g/mol. The topological polar surface area (TPSA) is 52.4 Å². The summed E-state index contributed by atoms with van der Waals surface area (Å²) >= 11 is 0. The Kier molecular flexibility index (Phi) is 5.61. The first-order chi connectivity index (χ1) is 26.3. The van der Waals surface area contributed by atoms with Crippen LogP contribution in [0.5, 0.6) is 23.0 Å². The van der Waals surface area contributed by atoms with Gasteiger partial charge in [-0.3, -0.25) is 14.9 Å². The zero-order valence-corrected chi connectivity index (χ0v) is 28.3. The van der Waals surface area contributed by atoms with Gasteiger partial charge in [0.25, 0.3) is 0 Å². The summed E-state index contributed by atoms with van der Waals surface area (Å²) in [6.07, 6.45) is 3.87. The summed E-state index contributed by atoms with van der Waals surface area (Å²) in [7, 11) is 0. The molecule has 0 bridgehead atoms. The third-order valence-electron chi connectivity index (χ3n) is 11.1. The second-order valence-corrected chi connectivity index (χ2v) is 13.7. The Hall–Kier alpha value is -7.18. The third kappa shape index (κ3) is 3.66. The molecule has 3 aliphatic rings. The molecule has 0 N–H and O–H groups in total. The first-order valence-electron chi connectivity index (χ1n) is 17.8. The Morgan fingerprint density at radius 3 is 1.79 bits per heavy atom. The lowest BCUT2D eigenvalue weighted by molar-refractivity contribution is 0.436. The number of rotatable bonds is 2. The molecule has 12 rings (SSSR count). The third-order valence-corrected chi connectivity index (χ3v) is 11.1. The molecule has 248 valence electrons. The average Bonchev–Trinajstić information content (AvgIpc) is 3.70. The highest BCUT2D eigenvalue weighted by molar-refractivity contribution is 6.09. The lowest BCUT2D eigenvalue weighted by atomic mass is 9.66. The largest absolute Gasteiger partial charge is 0.454 e. The summed E-state index contributed by atoms with van der Waals surface area (Å²) in [6, 6.07) is 55.1. The van der Waals surface area contributed by atoms with E-state index in [-0.39, 0.29) is 0 Å². The molecule has 6 heteroatoms. The van der Waals surface area contributed by atoms with Crippen molar-refractivity contribution in [3.8, 4) is 40.1 Å². The van der Waals surface area contributed by atoms with E-state index in [1.807, 2.05) is 60.9 Å². The fourth-order valence-corrected chi connectivity index (χ4v) is 9.06. The molecule has 3 aromatic heterocycles. The van der Waals surface area contributed by atoms with E-state index in [1.54, 1.807) is 0 Å². The molecule has 0 saturated heterocycles. The van der Waals surface area contributed by atoms with Crippen molar-refractivity contribution in [2.45, 2.75) is 5.41 Å². The molecule has 0 radical (unpaired) electrons. The molecule has 1 atom stereocenters. The second kappa shape index (κ2) is 10.4. The molecule has 0 fully saturated rings. The van der Waals surface area contributed by atoms with Gasteiger partial charge < -0.3 is 14.0 Å². The molecule has 6 nitrogen and oxygen atoms in total. The number of hydrogen-bond donors (Lipinski definition) is 0. The van der Waals surface area contributed by atoms with Gasteiger partial charge in [-0.1, -0.05) is 97.1 Å². The number of anilines is 3. The molecule has 0 saturated carbocycles. The van der Waals surface area contributed by atoms with E-state index < -0.39 is 5.41 Å². The lowest BCUT2D eigenvalue weighted by Crippen LogP contribution is -2.33. The fourth-order valence-electron chi connectivity index (χ4n) is 9.06. The van der Waals surface area contributed by atoms with Crippen LogP contribution in [0, 0.1) is 0 Å². The predicted molar refractivity (Wildman–Crippen MR) is 209 cm³/mol. The summed E-state index contributed by atoms with van der Waals surface area (Å²) in [6.45, 7) is 0. The van der Waals surface area contributed by atoms with Gasteiger partial charge in [0.1, 0.15) is 5.75 Å². The summed E-state index contributed by atoms with van der Waals surface area (Å²) in [4.78, 5) is 12.6. The van der Waals surface area contributed by atoms with Crippen LogP contribution in [-0.4, -0.2) is 14.5 Å². The van der Waals surface area contributed by atoms with E-state index in [0.717, 1.165) is 90.4 Å². The molecule has 5 heterocycles. The van der Waals surface area contributed by atoms with Gasteiger partial charge in [-0.2, -0.15) is 0 Å². The van der Waals surface area contributed by atoms with Crippen molar-refractivity contribution in [2.75, 3.05) is 4.90 Å². The molecule has 6 aromatic carbocycles. The van der Waals surface area contributed by atoms with Crippen LogP contribution in [0.2, 0.25) is 0 Å². The number of para-hydroxylation sites is 8. The minimum absolute atomic E-state index is 0.772. The van der Waals surface area contributed by atoms with Crippen LogP contribution in [0.1, 0.15) is 22.3 Å². The summed E-state index contributed by atoms with van der Waals surface area (Å²) in [5.74, 6) is 3.15. The maximum Gasteiger partial charge on any atom is 0.156 e. The van der Waals surface area contributed by atoms with E-state index >= 15 is 0 Å². The minimum Gasteiger partial charge on any atom is -0.454 e. The summed E-state index contributed by atoms with van der Waals surface area (Å²) in [5.41, 5.74) is 11.3. The Bertz CT molecular complexity index is 2900.